The van der Waals surface area contributed by atoms with Crippen LogP contribution in [0.15, 0.2) is 146 Å². The van der Waals surface area contributed by atoms with Crippen molar-refractivity contribution in [1.82, 2.24) is 19.9 Å². The summed E-state index contributed by atoms with van der Waals surface area (Å²) in [5.74, 6) is -4.70. The molecule has 9 rings (SSSR count). The summed E-state index contributed by atoms with van der Waals surface area (Å²) >= 11 is 0. The van der Waals surface area contributed by atoms with Gasteiger partial charge in [-0.1, -0.05) is 168 Å². The Balaban J connectivity index is 0.000000443. The zero-order valence-corrected chi connectivity index (χ0v) is 65.2. The van der Waals surface area contributed by atoms with E-state index in [0.717, 1.165) is 89.7 Å². The zero-order valence-electron chi connectivity index (χ0n) is 55.6. The summed E-state index contributed by atoms with van der Waals surface area (Å²) in [4.78, 5) is 20.2. The molecular weight excluding hydrogens is 2000 g/mol. The van der Waals surface area contributed by atoms with Gasteiger partial charge < -0.3 is 19.9 Å². The van der Waals surface area contributed by atoms with Crippen molar-refractivity contribution >= 4 is 5.69 Å². The molecule has 0 saturated heterocycles. The summed E-state index contributed by atoms with van der Waals surface area (Å²) in [5, 5.41) is 0. The molecule has 0 amide bonds. The molecule has 0 N–H and O–H groups in total. The summed E-state index contributed by atoms with van der Waals surface area (Å²) < 4.78 is 172. The molecule has 0 saturated carbocycles. The van der Waals surface area contributed by atoms with Gasteiger partial charge in [0.2, 0.25) is 0 Å². The minimum atomic E-state index is -5.15. The Labute approximate surface area is 620 Å². The predicted molar refractivity (Wildman–Crippen MR) is 342 cm³/mol. The molecule has 0 aliphatic heterocycles. The zero-order chi connectivity index (χ0) is 69.8. The van der Waals surface area contributed by atoms with E-state index in [0.29, 0.717) is 23.5 Å². The second-order valence-electron chi connectivity index (χ2n) is 24.7. The van der Waals surface area contributed by atoms with Crippen LogP contribution in [-0.2, 0) is 121 Å². The van der Waals surface area contributed by atoms with Crippen LogP contribution in [0.4, 0.5) is 62.8 Å². The van der Waals surface area contributed by atoms with E-state index in [9.17, 15) is 57.1 Å². The molecule has 98 heavy (non-hydrogen) atoms. The molecule has 4 aromatic heterocycles. The standard InChI is InChI=1S/C21H15F5N.C20H20F6N.C20H23N2.C15H14F2N.4Ir/c1-20(2,13-6-4-3-5-7-13)14-10-11-27-17(12-14)15-8-9-16(22)18(19(15)23)21(24,25)26;1-4-5-7-18(2,3)14-6-8-27-17(12-14)13-9-15(19(21,22)23)11-16(10-13)20(24,25)26;1-6-20(7-2,8-3)16-12-13-22-19(14-16)17-10-9-11-18(21-5)15(17)4;1-15(2,3)10-6-7-18-14(8-10)12-5-4-11(16)9-13(12)17;;;;/h3-7,9-12H,1-2H3;6,8-9,11-12H,4-5,7H2,1-3H3;9,11-14H,6-8H2,1-4H3;4,6-9H,1-3H3;;;;/q4*-1;;;;. The predicted octanol–water partition coefficient (Wildman–Crippen LogP) is 23.2. The largest absolute Gasteiger partial charge is 0.405 e. The molecule has 4 radical (unpaired) electrons. The van der Waals surface area contributed by atoms with Gasteiger partial charge in [0.25, 0.3) is 0 Å². The van der Waals surface area contributed by atoms with Crippen LogP contribution in [0.1, 0.15) is 165 Å². The summed E-state index contributed by atoms with van der Waals surface area (Å²) in [5.41, 5.74) is 2.80. The topological polar surface area (TPSA) is 55.9 Å². The number of pyridine rings is 4. The number of halogens is 13. The summed E-state index contributed by atoms with van der Waals surface area (Å²) in [6.45, 7) is 32.1. The van der Waals surface area contributed by atoms with E-state index >= 15 is 0 Å². The van der Waals surface area contributed by atoms with Crippen molar-refractivity contribution in [3.63, 3.8) is 0 Å². The smallest absolute Gasteiger partial charge is 0.305 e. The fraction of sp³-hybridized carbons (Fsp3) is 0.329. The molecule has 0 bridgehead atoms. The molecule has 4 heterocycles. The Kier molecular flexibility index (Phi) is 33.2. The van der Waals surface area contributed by atoms with Crippen molar-refractivity contribution in [3.8, 4) is 45.0 Å². The second kappa shape index (κ2) is 37.0. The molecule has 0 aliphatic carbocycles. The third kappa shape index (κ3) is 22.4. The van der Waals surface area contributed by atoms with E-state index in [1.54, 1.807) is 24.4 Å². The van der Waals surface area contributed by atoms with Gasteiger partial charge in [0, 0.05) is 128 Å². The fourth-order valence-electron chi connectivity index (χ4n) is 10.6. The number of benzene rings is 5. The van der Waals surface area contributed by atoms with Crippen LogP contribution in [0.3, 0.4) is 0 Å². The van der Waals surface area contributed by atoms with Gasteiger partial charge in [0.15, 0.2) is 0 Å². The van der Waals surface area contributed by atoms with E-state index in [2.05, 4.69) is 96.7 Å². The van der Waals surface area contributed by atoms with Crippen LogP contribution in [0.2, 0.25) is 0 Å². The Morgan fingerprint density at radius 3 is 1.50 bits per heavy atom. The number of hydrogen-bond donors (Lipinski definition) is 0. The number of nitrogens with zero attached hydrogens (tertiary/aromatic N) is 5. The van der Waals surface area contributed by atoms with Crippen LogP contribution in [0.5, 0.6) is 0 Å². The summed E-state index contributed by atoms with van der Waals surface area (Å²) in [7, 11) is 0. The first-order valence-corrected chi connectivity index (χ1v) is 30.3. The van der Waals surface area contributed by atoms with E-state index in [-0.39, 0.29) is 125 Å². The number of alkyl halides is 9. The van der Waals surface area contributed by atoms with Gasteiger partial charge in [0.1, 0.15) is 5.69 Å². The van der Waals surface area contributed by atoms with Crippen LogP contribution in [0.25, 0.3) is 49.9 Å². The Bertz CT molecular complexity index is 4040. The van der Waals surface area contributed by atoms with E-state index in [4.69, 9.17) is 6.57 Å². The number of aromatic nitrogens is 4. The first-order valence-electron chi connectivity index (χ1n) is 30.3. The maximum Gasteiger partial charge on any atom is 0.405 e. The SMILES string of the molecule is CC(C)(C)c1ccnc(-c2[c-]cc(F)cc2F)c1.CC(C)(c1ccccc1)c1ccnc(-c2[c-]cc(F)c(C(F)(F)F)c2F)c1.CCCCC(C)(C)c1ccnc(-c2[c-]c(C(F)(F)F)cc(C(F)(F)F)c2)c1.[C-]#[N+]c1cc[c-]c(-c2cc(C(CC)(CC)CC)ccn2)c1C.[Ir].[Ir].[Ir].[Ir]. The first kappa shape index (κ1) is 88.0. The van der Waals surface area contributed by atoms with Crippen LogP contribution in [0, 0.1) is 61.0 Å². The average Bonchev–Trinajstić information content (AvgIpc) is 0.787. The van der Waals surface area contributed by atoms with Crippen molar-refractivity contribution in [2.24, 2.45) is 0 Å². The van der Waals surface area contributed by atoms with Gasteiger partial charge in [-0.2, -0.15) is 45.6 Å². The molecule has 5 aromatic carbocycles. The minimum Gasteiger partial charge on any atom is -0.305 e. The van der Waals surface area contributed by atoms with Gasteiger partial charge in [-0.05, 0) is 128 Å². The fourth-order valence-corrected chi connectivity index (χ4v) is 10.6. The minimum absolute atomic E-state index is 0. The van der Waals surface area contributed by atoms with Crippen molar-refractivity contribution in [1.29, 1.82) is 0 Å². The Hall–Kier alpha value is -6.12. The summed E-state index contributed by atoms with van der Waals surface area (Å²) in [6, 6.07) is 40.9. The molecule has 0 aliphatic rings. The van der Waals surface area contributed by atoms with E-state index in [1.165, 1.54) is 24.0 Å². The molecule has 22 heteroatoms. The van der Waals surface area contributed by atoms with Crippen molar-refractivity contribution in [3.05, 3.63) is 255 Å². The first-order chi connectivity index (χ1) is 44.0. The molecule has 0 fully saturated rings. The van der Waals surface area contributed by atoms with Crippen LogP contribution in [-0.4, -0.2) is 19.9 Å². The second-order valence-corrected chi connectivity index (χ2v) is 24.7. The quantitative estimate of drug-likeness (QED) is 0.0804. The molecule has 532 valence electrons. The molecule has 9 aromatic rings. The van der Waals surface area contributed by atoms with E-state index in [1.807, 2.05) is 108 Å². The summed E-state index contributed by atoms with van der Waals surface area (Å²) in [6.07, 6.45) is -2.54. The van der Waals surface area contributed by atoms with Gasteiger partial charge in [-0.25, -0.2) is 0 Å². The van der Waals surface area contributed by atoms with Crippen LogP contribution >= 0.6 is 0 Å². The maximum atomic E-state index is 14.4. The Morgan fingerprint density at radius 1 is 0.480 bits per heavy atom. The van der Waals surface area contributed by atoms with Crippen molar-refractivity contribution < 1.29 is 137 Å². The van der Waals surface area contributed by atoms with Gasteiger partial charge in [-0.15, -0.1) is 71.3 Å². The van der Waals surface area contributed by atoms with Gasteiger partial charge in [-0.3, -0.25) is 22.4 Å². The monoisotopic (exact) mass is 2070 g/mol. The number of unbranched alkanes of at least 4 members (excludes halogenated alkanes) is 1. The molecular formula is C76H72F13Ir4N5-4. The van der Waals surface area contributed by atoms with Crippen molar-refractivity contribution in [2.75, 3.05) is 0 Å². The van der Waals surface area contributed by atoms with Gasteiger partial charge in [0.05, 0.1) is 18.2 Å². The van der Waals surface area contributed by atoms with Crippen LogP contribution < -0.4 is 0 Å². The molecule has 0 spiro atoms. The average molecular weight is 2070 g/mol. The molecule has 5 nitrogen and oxygen atoms in total. The Morgan fingerprint density at radius 2 is 0.980 bits per heavy atom. The van der Waals surface area contributed by atoms with Crippen molar-refractivity contribution in [2.45, 2.75) is 162 Å². The number of hydrogen-bond acceptors (Lipinski definition) is 4. The van der Waals surface area contributed by atoms with Gasteiger partial charge >= 0.3 is 18.5 Å². The van der Waals surface area contributed by atoms with E-state index < -0.39 is 69.5 Å². The normalized spacial score (nSPS) is 11.6. The third-order valence-corrected chi connectivity index (χ3v) is 16.8. The third-order valence-electron chi connectivity index (χ3n) is 16.8. The molecule has 0 unspecified atom stereocenters. The molecule has 0 atom stereocenters. The maximum absolute atomic E-state index is 14.4. The number of rotatable bonds is 14.